The molecule has 0 spiro atoms. The van der Waals surface area contributed by atoms with Gasteiger partial charge in [-0.1, -0.05) is 11.3 Å². The third kappa shape index (κ3) is 2.60. The fraction of sp³-hybridized carbons (Fsp3) is 0.273. The summed E-state index contributed by atoms with van der Waals surface area (Å²) >= 11 is 3.27. The van der Waals surface area contributed by atoms with Crippen molar-refractivity contribution < 1.29 is 9.13 Å². The second kappa shape index (κ2) is 5.64. The molecule has 0 aliphatic heterocycles. The van der Waals surface area contributed by atoms with E-state index in [-0.39, 0.29) is 0 Å². The number of hydrazine groups is 1. The van der Waals surface area contributed by atoms with Crippen molar-refractivity contribution in [3.63, 3.8) is 0 Å². The van der Waals surface area contributed by atoms with Crippen molar-refractivity contribution in [1.29, 1.82) is 0 Å². The van der Waals surface area contributed by atoms with E-state index in [9.17, 15) is 4.39 Å². The highest BCUT2D eigenvalue weighted by Crippen LogP contribution is 2.29. The number of benzene rings is 1. The first-order chi connectivity index (χ1) is 9.08. The maximum absolute atomic E-state index is 14.1. The number of nitrogens with two attached hydrogens (primary N) is 1. The lowest BCUT2D eigenvalue weighted by atomic mass is 10.0. The van der Waals surface area contributed by atoms with Gasteiger partial charge in [0.15, 0.2) is 4.60 Å². The van der Waals surface area contributed by atoms with Gasteiger partial charge in [0.05, 0.1) is 18.8 Å². The van der Waals surface area contributed by atoms with Crippen LogP contribution in [0, 0.1) is 5.82 Å². The second-order valence-electron chi connectivity index (χ2n) is 3.88. The first-order valence-electron chi connectivity index (χ1n) is 5.43. The van der Waals surface area contributed by atoms with Crippen LogP contribution in [-0.4, -0.2) is 22.1 Å². The molecule has 2 aromatic rings. The van der Waals surface area contributed by atoms with Crippen molar-refractivity contribution in [2.24, 2.45) is 12.9 Å². The van der Waals surface area contributed by atoms with Crippen LogP contribution in [0.3, 0.4) is 0 Å². The van der Waals surface area contributed by atoms with E-state index in [2.05, 4.69) is 31.7 Å². The van der Waals surface area contributed by atoms with Gasteiger partial charge in [0, 0.05) is 18.7 Å². The lowest BCUT2D eigenvalue weighted by molar-refractivity contribution is 0.409. The quantitative estimate of drug-likeness (QED) is 0.652. The molecule has 1 aromatic carbocycles. The number of nitrogens with zero attached hydrogens (tertiary/aromatic N) is 3. The van der Waals surface area contributed by atoms with Gasteiger partial charge in [0.2, 0.25) is 0 Å². The molecule has 8 heteroatoms. The van der Waals surface area contributed by atoms with Crippen LogP contribution in [0.15, 0.2) is 22.8 Å². The molecular weight excluding hydrogens is 317 g/mol. The van der Waals surface area contributed by atoms with Gasteiger partial charge in [-0.25, -0.2) is 14.5 Å². The number of ether oxygens (including phenoxy) is 1. The molecule has 0 aliphatic rings. The standard InChI is InChI=1S/C11H13BrFN5O/c1-18-10(11(12)16-17-18)9(15-14)7-4-3-6(19-2)5-8(7)13/h3-5,9,15H,14H2,1-2H3. The van der Waals surface area contributed by atoms with E-state index in [1.165, 1.54) is 17.9 Å². The SMILES string of the molecule is COc1ccc(C(NN)c2c(Br)nnn2C)c(F)c1. The van der Waals surface area contributed by atoms with Crippen molar-refractivity contribution in [2.75, 3.05) is 7.11 Å². The van der Waals surface area contributed by atoms with Crippen LogP contribution in [-0.2, 0) is 7.05 Å². The van der Waals surface area contributed by atoms with E-state index in [4.69, 9.17) is 10.6 Å². The van der Waals surface area contributed by atoms with Gasteiger partial charge in [-0.15, -0.1) is 5.10 Å². The number of hydrogen-bond acceptors (Lipinski definition) is 5. The fourth-order valence-corrected chi connectivity index (χ4v) is 2.39. The van der Waals surface area contributed by atoms with E-state index >= 15 is 0 Å². The molecule has 0 aliphatic carbocycles. The zero-order valence-corrected chi connectivity index (χ0v) is 12.0. The highest BCUT2D eigenvalue weighted by atomic mass is 79.9. The first-order valence-corrected chi connectivity index (χ1v) is 6.22. The largest absolute Gasteiger partial charge is 0.497 e. The monoisotopic (exact) mass is 329 g/mol. The number of nitrogens with one attached hydrogen (secondary N) is 1. The zero-order valence-electron chi connectivity index (χ0n) is 10.4. The molecule has 0 saturated carbocycles. The van der Waals surface area contributed by atoms with Gasteiger partial charge in [-0.2, -0.15) is 0 Å². The molecule has 2 rings (SSSR count). The summed E-state index contributed by atoms with van der Waals surface area (Å²) in [6.45, 7) is 0. The van der Waals surface area contributed by atoms with Gasteiger partial charge in [-0.05, 0) is 22.0 Å². The minimum Gasteiger partial charge on any atom is -0.497 e. The molecule has 1 heterocycles. The fourth-order valence-electron chi connectivity index (χ4n) is 1.83. The van der Waals surface area contributed by atoms with E-state index in [0.29, 0.717) is 21.6 Å². The lowest BCUT2D eigenvalue weighted by Gasteiger charge is -2.17. The van der Waals surface area contributed by atoms with E-state index in [0.717, 1.165) is 0 Å². The van der Waals surface area contributed by atoms with Gasteiger partial charge >= 0.3 is 0 Å². The smallest absolute Gasteiger partial charge is 0.153 e. The Labute approximate surface area is 117 Å². The summed E-state index contributed by atoms with van der Waals surface area (Å²) < 4.78 is 21.1. The molecule has 0 amide bonds. The van der Waals surface area contributed by atoms with Crippen LogP contribution >= 0.6 is 15.9 Å². The number of aromatic nitrogens is 3. The summed E-state index contributed by atoms with van der Waals surface area (Å²) in [5.41, 5.74) is 3.58. The first kappa shape index (κ1) is 13.9. The molecule has 19 heavy (non-hydrogen) atoms. The maximum atomic E-state index is 14.1. The van der Waals surface area contributed by atoms with Gasteiger partial charge in [0.25, 0.3) is 0 Å². The van der Waals surface area contributed by atoms with Gasteiger partial charge < -0.3 is 4.74 Å². The predicted octanol–water partition coefficient (Wildman–Crippen LogP) is 1.28. The number of methoxy groups -OCH3 is 1. The molecule has 3 N–H and O–H groups in total. The van der Waals surface area contributed by atoms with E-state index < -0.39 is 11.9 Å². The highest BCUT2D eigenvalue weighted by Gasteiger charge is 2.23. The Morgan fingerprint density at radius 1 is 1.53 bits per heavy atom. The van der Waals surface area contributed by atoms with Gasteiger partial charge in [-0.3, -0.25) is 5.84 Å². The zero-order chi connectivity index (χ0) is 14.0. The Kier molecular flexibility index (Phi) is 4.13. The molecule has 102 valence electrons. The molecule has 1 aromatic heterocycles. The summed E-state index contributed by atoms with van der Waals surface area (Å²) in [4.78, 5) is 0. The molecule has 1 atom stereocenters. The van der Waals surface area contributed by atoms with Crippen LogP contribution in [0.25, 0.3) is 0 Å². The van der Waals surface area contributed by atoms with Crippen molar-refractivity contribution in [3.8, 4) is 5.75 Å². The summed E-state index contributed by atoms with van der Waals surface area (Å²) in [5.74, 6) is 5.56. The van der Waals surface area contributed by atoms with Crippen molar-refractivity contribution in [2.45, 2.75) is 6.04 Å². The molecule has 0 radical (unpaired) electrons. The van der Waals surface area contributed by atoms with Crippen LogP contribution in [0.1, 0.15) is 17.3 Å². The molecule has 6 nitrogen and oxygen atoms in total. The lowest BCUT2D eigenvalue weighted by Crippen LogP contribution is -2.31. The summed E-state index contributed by atoms with van der Waals surface area (Å²) in [7, 11) is 3.19. The van der Waals surface area contributed by atoms with Gasteiger partial charge in [0.1, 0.15) is 11.6 Å². The third-order valence-corrected chi connectivity index (χ3v) is 3.35. The highest BCUT2D eigenvalue weighted by molar-refractivity contribution is 9.10. The van der Waals surface area contributed by atoms with Crippen LogP contribution in [0.2, 0.25) is 0 Å². The summed E-state index contributed by atoms with van der Waals surface area (Å²) in [6, 6.07) is 4.01. The predicted molar refractivity (Wildman–Crippen MR) is 70.8 cm³/mol. The number of rotatable bonds is 4. The number of aryl methyl sites for hydroxylation is 1. The topological polar surface area (TPSA) is 78.0 Å². The Morgan fingerprint density at radius 3 is 2.74 bits per heavy atom. The molecular formula is C11H13BrFN5O. The van der Waals surface area contributed by atoms with E-state index in [1.807, 2.05) is 0 Å². The molecule has 0 fully saturated rings. The Bertz CT molecular complexity index is 569. The van der Waals surface area contributed by atoms with Crippen LogP contribution < -0.4 is 16.0 Å². The third-order valence-electron chi connectivity index (χ3n) is 2.79. The van der Waals surface area contributed by atoms with Crippen molar-refractivity contribution in [3.05, 3.63) is 39.9 Å². The number of halogens is 2. The van der Waals surface area contributed by atoms with Crippen LogP contribution in [0.5, 0.6) is 5.75 Å². The molecule has 1 unspecified atom stereocenters. The summed E-state index contributed by atoms with van der Waals surface area (Å²) in [6.07, 6.45) is 0. The van der Waals surface area contributed by atoms with Crippen LogP contribution in [0.4, 0.5) is 4.39 Å². The summed E-state index contributed by atoms with van der Waals surface area (Å²) in [5, 5.41) is 7.71. The van der Waals surface area contributed by atoms with Crippen molar-refractivity contribution in [1.82, 2.24) is 20.4 Å². The normalized spacial score (nSPS) is 12.5. The number of hydrogen-bond donors (Lipinski definition) is 2. The van der Waals surface area contributed by atoms with Crippen molar-refractivity contribution >= 4 is 15.9 Å². The minimum atomic E-state index is -0.569. The Balaban J connectivity index is 2.48. The molecule has 0 bridgehead atoms. The molecule has 0 saturated heterocycles. The average molecular weight is 330 g/mol. The maximum Gasteiger partial charge on any atom is 0.153 e. The minimum absolute atomic E-state index is 0.384. The van der Waals surface area contributed by atoms with E-state index in [1.54, 1.807) is 19.2 Å². The average Bonchev–Trinajstić information content (AvgIpc) is 2.73. The Hall–Kier alpha value is -1.51. The Morgan fingerprint density at radius 2 is 2.26 bits per heavy atom. The second-order valence-corrected chi connectivity index (χ2v) is 4.63.